The average molecular weight is 299 g/mol. The van der Waals surface area contributed by atoms with Gasteiger partial charge in [0, 0.05) is 31.4 Å². The van der Waals surface area contributed by atoms with Crippen LogP contribution in [0.15, 0.2) is 0 Å². The third-order valence-electron chi connectivity index (χ3n) is 5.40. The molecule has 2 aliphatic heterocycles. The highest BCUT2D eigenvalue weighted by molar-refractivity contribution is 7.82. The predicted octanol–water partition coefficient (Wildman–Crippen LogP) is 1.11. The SMILES string of the molecule is CCS(=O)NC1CCC2(CC1)CN(CC1CCNC1)C2. The Bertz CT molecular complexity index is 341. The summed E-state index contributed by atoms with van der Waals surface area (Å²) in [6.45, 7) is 8.34. The summed E-state index contributed by atoms with van der Waals surface area (Å²) in [6.07, 6.45) is 6.43. The van der Waals surface area contributed by atoms with E-state index in [9.17, 15) is 4.21 Å². The Morgan fingerprint density at radius 3 is 2.65 bits per heavy atom. The Morgan fingerprint density at radius 2 is 2.05 bits per heavy atom. The van der Waals surface area contributed by atoms with Crippen LogP contribution in [0.2, 0.25) is 0 Å². The number of rotatable bonds is 5. The number of hydrogen-bond acceptors (Lipinski definition) is 3. The normalized spacial score (nSPS) is 32.4. The quantitative estimate of drug-likeness (QED) is 0.799. The molecule has 2 heterocycles. The van der Waals surface area contributed by atoms with E-state index in [0.29, 0.717) is 11.5 Å². The Hall–Kier alpha value is 0.0300. The molecule has 0 aromatic heterocycles. The van der Waals surface area contributed by atoms with Crippen LogP contribution in [0, 0.1) is 11.3 Å². The average Bonchev–Trinajstić information content (AvgIpc) is 2.92. The number of nitrogens with one attached hydrogen (secondary N) is 2. The fourth-order valence-electron chi connectivity index (χ4n) is 4.20. The third kappa shape index (κ3) is 3.43. The Morgan fingerprint density at radius 1 is 1.30 bits per heavy atom. The maximum Gasteiger partial charge on any atom is 0.0915 e. The number of hydrogen-bond donors (Lipinski definition) is 2. The molecule has 1 saturated carbocycles. The first kappa shape index (κ1) is 14.9. The van der Waals surface area contributed by atoms with Gasteiger partial charge in [-0.05, 0) is 56.5 Å². The minimum Gasteiger partial charge on any atom is -0.316 e. The molecule has 0 aromatic carbocycles. The van der Waals surface area contributed by atoms with E-state index in [0.717, 1.165) is 11.7 Å². The lowest BCUT2D eigenvalue weighted by Gasteiger charge is -2.54. The molecule has 0 radical (unpaired) electrons. The fourth-order valence-corrected chi connectivity index (χ4v) is 4.97. The highest BCUT2D eigenvalue weighted by Crippen LogP contribution is 2.44. The van der Waals surface area contributed by atoms with Crippen LogP contribution < -0.4 is 10.0 Å². The molecule has 2 N–H and O–H groups in total. The van der Waals surface area contributed by atoms with Gasteiger partial charge in [0.1, 0.15) is 0 Å². The second kappa shape index (κ2) is 6.42. The Labute approximate surface area is 125 Å². The standard InChI is InChI=1S/C15H29N3OS/c1-2-20(19)17-14-3-6-15(7-4-14)11-18(12-15)10-13-5-8-16-9-13/h13-14,16-17H,2-12H2,1H3. The van der Waals surface area contributed by atoms with Crippen molar-refractivity contribution in [2.45, 2.75) is 45.1 Å². The first-order valence-electron chi connectivity index (χ1n) is 8.27. The molecule has 3 aliphatic rings. The summed E-state index contributed by atoms with van der Waals surface area (Å²) in [4.78, 5) is 2.66. The van der Waals surface area contributed by atoms with Gasteiger partial charge in [0.2, 0.25) is 0 Å². The second-order valence-electron chi connectivity index (χ2n) is 7.05. The molecule has 2 unspecified atom stereocenters. The smallest absolute Gasteiger partial charge is 0.0915 e. The summed E-state index contributed by atoms with van der Waals surface area (Å²) in [7, 11) is -0.811. The molecule has 4 nitrogen and oxygen atoms in total. The lowest BCUT2D eigenvalue weighted by Crippen LogP contribution is -2.59. The Balaban J connectivity index is 1.37. The molecule has 2 saturated heterocycles. The number of likely N-dealkylation sites (tertiary alicyclic amines) is 1. The van der Waals surface area contributed by atoms with Crippen LogP contribution in [0.5, 0.6) is 0 Å². The lowest BCUT2D eigenvalue weighted by atomic mass is 9.67. The highest BCUT2D eigenvalue weighted by atomic mass is 32.2. The van der Waals surface area contributed by atoms with Crippen LogP contribution >= 0.6 is 0 Å². The second-order valence-corrected chi connectivity index (χ2v) is 8.56. The minimum atomic E-state index is -0.811. The highest BCUT2D eigenvalue weighted by Gasteiger charge is 2.45. The van der Waals surface area contributed by atoms with E-state index in [4.69, 9.17) is 0 Å². The number of nitrogens with zero attached hydrogens (tertiary/aromatic N) is 1. The first-order valence-corrected chi connectivity index (χ1v) is 9.59. The zero-order valence-corrected chi connectivity index (χ0v) is 13.5. The first-order chi connectivity index (χ1) is 9.69. The van der Waals surface area contributed by atoms with Crippen molar-refractivity contribution in [3.05, 3.63) is 0 Å². The van der Waals surface area contributed by atoms with Gasteiger partial charge in [-0.3, -0.25) is 0 Å². The maximum absolute atomic E-state index is 11.6. The summed E-state index contributed by atoms with van der Waals surface area (Å²) >= 11 is 0. The van der Waals surface area contributed by atoms with E-state index < -0.39 is 11.0 Å². The molecule has 1 spiro atoms. The van der Waals surface area contributed by atoms with Crippen LogP contribution in [0.3, 0.4) is 0 Å². The van der Waals surface area contributed by atoms with Crippen LogP contribution in [-0.2, 0) is 11.0 Å². The van der Waals surface area contributed by atoms with Crippen molar-refractivity contribution >= 4 is 11.0 Å². The van der Waals surface area contributed by atoms with E-state index in [1.807, 2.05) is 6.92 Å². The Kier molecular flexibility index (Phi) is 4.80. The summed E-state index contributed by atoms with van der Waals surface area (Å²) in [5.41, 5.74) is 0.609. The van der Waals surface area contributed by atoms with E-state index >= 15 is 0 Å². The molecule has 3 fully saturated rings. The van der Waals surface area contributed by atoms with Crippen molar-refractivity contribution in [1.82, 2.24) is 14.9 Å². The fraction of sp³-hybridized carbons (Fsp3) is 1.00. The van der Waals surface area contributed by atoms with Gasteiger partial charge in [0.05, 0.1) is 11.0 Å². The third-order valence-corrected chi connectivity index (χ3v) is 6.52. The van der Waals surface area contributed by atoms with Gasteiger partial charge < -0.3 is 10.2 Å². The molecular formula is C15H29N3OS. The lowest BCUT2D eigenvalue weighted by molar-refractivity contribution is -0.0386. The van der Waals surface area contributed by atoms with Gasteiger partial charge in [-0.15, -0.1) is 0 Å². The van der Waals surface area contributed by atoms with E-state index in [1.54, 1.807) is 0 Å². The molecule has 0 amide bonds. The largest absolute Gasteiger partial charge is 0.316 e. The van der Waals surface area contributed by atoms with Crippen molar-refractivity contribution < 1.29 is 4.21 Å². The monoisotopic (exact) mass is 299 g/mol. The molecule has 0 bridgehead atoms. The van der Waals surface area contributed by atoms with Gasteiger partial charge in [0.15, 0.2) is 0 Å². The van der Waals surface area contributed by atoms with Crippen LogP contribution in [0.25, 0.3) is 0 Å². The molecule has 3 rings (SSSR count). The predicted molar refractivity (Wildman–Crippen MR) is 83.9 cm³/mol. The van der Waals surface area contributed by atoms with E-state index in [2.05, 4.69) is 14.9 Å². The topological polar surface area (TPSA) is 44.4 Å². The van der Waals surface area contributed by atoms with E-state index in [-0.39, 0.29) is 0 Å². The summed E-state index contributed by atoms with van der Waals surface area (Å²) < 4.78 is 14.8. The van der Waals surface area contributed by atoms with Gasteiger partial charge in [-0.1, -0.05) is 6.92 Å². The van der Waals surface area contributed by atoms with Gasteiger partial charge in [0.25, 0.3) is 0 Å². The van der Waals surface area contributed by atoms with Crippen LogP contribution in [0.4, 0.5) is 0 Å². The zero-order chi connectivity index (χ0) is 14.0. The van der Waals surface area contributed by atoms with Gasteiger partial charge in [-0.25, -0.2) is 8.93 Å². The van der Waals surface area contributed by atoms with Crippen LogP contribution in [-0.4, -0.2) is 53.6 Å². The molecule has 2 atom stereocenters. The summed E-state index contributed by atoms with van der Waals surface area (Å²) in [5.74, 6) is 1.61. The molecule has 5 heteroatoms. The molecule has 0 aromatic rings. The van der Waals surface area contributed by atoms with Crippen molar-refractivity contribution in [1.29, 1.82) is 0 Å². The van der Waals surface area contributed by atoms with Gasteiger partial charge >= 0.3 is 0 Å². The molecule has 116 valence electrons. The van der Waals surface area contributed by atoms with Crippen molar-refractivity contribution in [3.63, 3.8) is 0 Å². The summed E-state index contributed by atoms with van der Waals surface area (Å²) in [5, 5.41) is 3.46. The minimum absolute atomic E-state index is 0.495. The maximum atomic E-state index is 11.6. The zero-order valence-electron chi connectivity index (χ0n) is 12.7. The van der Waals surface area contributed by atoms with Crippen molar-refractivity contribution in [2.75, 3.05) is 38.5 Å². The summed E-state index contributed by atoms with van der Waals surface area (Å²) in [6, 6.07) is 0.495. The molecule has 20 heavy (non-hydrogen) atoms. The van der Waals surface area contributed by atoms with Crippen molar-refractivity contribution in [3.8, 4) is 0 Å². The molecule has 1 aliphatic carbocycles. The molecular weight excluding hydrogens is 270 g/mol. The van der Waals surface area contributed by atoms with Crippen LogP contribution in [0.1, 0.15) is 39.0 Å². The van der Waals surface area contributed by atoms with E-state index in [1.165, 1.54) is 64.8 Å². The van der Waals surface area contributed by atoms with Gasteiger partial charge in [-0.2, -0.15) is 0 Å². The van der Waals surface area contributed by atoms with Crippen molar-refractivity contribution in [2.24, 2.45) is 11.3 Å².